The van der Waals surface area contributed by atoms with Crippen molar-refractivity contribution in [2.24, 2.45) is 0 Å². The van der Waals surface area contributed by atoms with Crippen molar-refractivity contribution in [3.05, 3.63) is 71.3 Å². The molecule has 0 N–H and O–H groups in total. The molecule has 0 radical (unpaired) electrons. The van der Waals surface area contributed by atoms with Crippen molar-refractivity contribution in [3.8, 4) is 0 Å². The Morgan fingerprint density at radius 1 is 1.10 bits per heavy atom. The molecule has 0 aliphatic carbocycles. The highest BCUT2D eigenvalue weighted by Gasteiger charge is 2.32. The third-order valence-corrected chi connectivity index (χ3v) is 4.66. The monoisotopic (exact) mass is 305 g/mol. The molecule has 1 aliphatic heterocycles. The van der Waals surface area contributed by atoms with E-state index >= 15 is 0 Å². The highest BCUT2D eigenvalue weighted by atomic mass is 32.2. The molecule has 108 valence electrons. The molecule has 0 saturated carbocycles. The number of carbonyl (C=O) groups is 1. The minimum atomic E-state index is -0.381. The molecule has 1 heterocycles. The number of nitrogens with zero attached hydrogens (tertiary/aromatic N) is 1. The average molecular weight is 305 g/mol. The summed E-state index contributed by atoms with van der Waals surface area (Å²) in [5.41, 5.74) is 0.927. The first-order valence-electron chi connectivity index (χ1n) is 6.59. The number of carbonyl (C=O) groups excluding carboxylic acids is 1. The number of hydrogen-bond acceptors (Lipinski definition) is 2. The van der Waals surface area contributed by atoms with Gasteiger partial charge in [-0.15, -0.1) is 11.8 Å². The Morgan fingerprint density at radius 2 is 1.81 bits per heavy atom. The Hall–Kier alpha value is -1.88. The molecule has 1 amide bonds. The number of rotatable bonds is 2. The summed E-state index contributed by atoms with van der Waals surface area (Å²) in [5, 5.41) is -0.330. The van der Waals surface area contributed by atoms with Crippen LogP contribution >= 0.6 is 11.8 Å². The van der Waals surface area contributed by atoms with Gasteiger partial charge in [-0.25, -0.2) is 8.78 Å². The summed E-state index contributed by atoms with van der Waals surface area (Å²) in [5.74, 6) is -0.138. The van der Waals surface area contributed by atoms with E-state index in [4.69, 9.17) is 0 Å². The smallest absolute Gasteiger partial charge is 0.255 e. The van der Waals surface area contributed by atoms with Crippen LogP contribution in [0.3, 0.4) is 0 Å². The number of halogens is 2. The molecule has 0 aromatic heterocycles. The molecule has 2 aromatic carbocycles. The van der Waals surface area contributed by atoms with Crippen LogP contribution in [0.5, 0.6) is 0 Å². The van der Waals surface area contributed by atoms with E-state index in [1.54, 1.807) is 23.1 Å². The van der Waals surface area contributed by atoms with Crippen LogP contribution in [0.1, 0.15) is 21.3 Å². The first-order valence-corrected chi connectivity index (χ1v) is 7.64. The van der Waals surface area contributed by atoms with Crippen molar-refractivity contribution in [1.29, 1.82) is 0 Å². The Bertz CT molecular complexity index is 660. The summed E-state index contributed by atoms with van der Waals surface area (Å²) in [6.07, 6.45) is 0. The molecule has 1 atom stereocenters. The minimum absolute atomic E-state index is 0.201. The predicted octanol–water partition coefficient (Wildman–Crippen LogP) is 3.85. The van der Waals surface area contributed by atoms with Crippen LogP contribution in [-0.4, -0.2) is 23.1 Å². The third kappa shape index (κ3) is 2.78. The van der Waals surface area contributed by atoms with Gasteiger partial charge in [0.1, 0.15) is 17.0 Å². The summed E-state index contributed by atoms with van der Waals surface area (Å²) in [4.78, 5) is 14.2. The second kappa shape index (κ2) is 5.85. The van der Waals surface area contributed by atoms with Gasteiger partial charge in [0.25, 0.3) is 5.91 Å². The summed E-state index contributed by atoms with van der Waals surface area (Å²) >= 11 is 1.53. The van der Waals surface area contributed by atoms with Crippen molar-refractivity contribution in [1.82, 2.24) is 4.90 Å². The number of thioether (sulfide) groups is 1. The standard InChI is InChI=1S/C16H13F2NOS/c17-12-7-5-11(6-8-12)15(20)19-9-10-21-16(19)13-3-1-2-4-14(13)18/h1-8,16H,9-10H2/t16-/m0/s1. The van der Waals surface area contributed by atoms with Crippen molar-refractivity contribution in [3.63, 3.8) is 0 Å². The quantitative estimate of drug-likeness (QED) is 0.840. The van der Waals surface area contributed by atoms with Gasteiger partial charge >= 0.3 is 0 Å². The van der Waals surface area contributed by atoms with E-state index in [0.29, 0.717) is 17.7 Å². The summed E-state index contributed by atoms with van der Waals surface area (Å²) in [6, 6.07) is 11.9. The fourth-order valence-electron chi connectivity index (χ4n) is 2.37. The minimum Gasteiger partial charge on any atom is -0.322 e. The van der Waals surface area contributed by atoms with E-state index in [1.165, 1.54) is 42.1 Å². The molecule has 0 spiro atoms. The van der Waals surface area contributed by atoms with E-state index in [2.05, 4.69) is 0 Å². The zero-order valence-corrected chi connectivity index (χ0v) is 11.9. The number of benzene rings is 2. The fourth-order valence-corrected chi connectivity index (χ4v) is 3.65. The van der Waals surface area contributed by atoms with Crippen molar-refractivity contribution < 1.29 is 13.6 Å². The summed E-state index contributed by atoms with van der Waals surface area (Å²) < 4.78 is 26.9. The van der Waals surface area contributed by atoms with E-state index in [9.17, 15) is 13.6 Å². The van der Waals surface area contributed by atoms with Gasteiger partial charge in [-0.3, -0.25) is 4.79 Å². The Balaban J connectivity index is 1.89. The maximum Gasteiger partial charge on any atom is 0.255 e. The first-order chi connectivity index (χ1) is 10.2. The lowest BCUT2D eigenvalue weighted by Crippen LogP contribution is -2.30. The zero-order chi connectivity index (χ0) is 14.8. The van der Waals surface area contributed by atoms with Gasteiger partial charge in [0.05, 0.1) is 0 Å². The van der Waals surface area contributed by atoms with Crippen molar-refractivity contribution in [2.45, 2.75) is 5.37 Å². The van der Waals surface area contributed by atoms with Crippen LogP contribution in [-0.2, 0) is 0 Å². The first kappa shape index (κ1) is 14.1. The topological polar surface area (TPSA) is 20.3 Å². The van der Waals surface area contributed by atoms with E-state index in [1.807, 2.05) is 0 Å². The van der Waals surface area contributed by atoms with Crippen LogP contribution in [0.2, 0.25) is 0 Å². The zero-order valence-electron chi connectivity index (χ0n) is 11.1. The molecule has 0 bridgehead atoms. The van der Waals surface area contributed by atoms with Gasteiger partial charge in [0.15, 0.2) is 0 Å². The molecule has 21 heavy (non-hydrogen) atoms. The van der Waals surface area contributed by atoms with Gasteiger partial charge in [0, 0.05) is 23.4 Å². The van der Waals surface area contributed by atoms with Gasteiger partial charge in [-0.05, 0) is 30.3 Å². The Kier molecular flexibility index (Phi) is 3.92. The predicted molar refractivity (Wildman–Crippen MR) is 79.0 cm³/mol. The fraction of sp³-hybridized carbons (Fsp3) is 0.188. The molecule has 1 fully saturated rings. The lowest BCUT2D eigenvalue weighted by molar-refractivity contribution is 0.0759. The Labute approximate surface area is 125 Å². The van der Waals surface area contributed by atoms with Gasteiger partial charge < -0.3 is 4.90 Å². The van der Waals surface area contributed by atoms with Crippen molar-refractivity contribution >= 4 is 17.7 Å². The summed E-state index contributed by atoms with van der Waals surface area (Å²) in [7, 11) is 0. The largest absolute Gasteiger partial charge is 0.322 e. The molecule has 3 rings (SSSR count). The van der Waals surface area contributed by atoms with Gasteiger partial charge in [-0.1, -0.05) is 18.2 Å². The number of amides is 1. The highest BCUT2D eigenvalue weighted by Crippen LogP contribution is 2.39. The molecule has 1 saturated heterocycles. The van der Waals surface area contributed by atoms with Crippen molar-refractivity contribution in [2.75, 3.05) is 12.3 Å². The number of hydrogen-bond donors (Lipinski definition) is 0. The van der Waals surface area contributed by atoms with Crippen LogP contribution in [0.15, 0.2) is 48.5 Å². The van der Waals surface area contributed by atoms with Gasteiger partial charge in [-0.2, -0.15) is 0 Å². The molecule has 2 nitrogen and oxygen atoms in total. The van der Waals surface area contributed by atoms with E-state index in [0.717, 1.165) is 5.75 Å². The SMILES string of the molecule is O=C(c1ccc(F)cc1)N1CCS[C@H]1c1ccccc1F. The highest BCUT2D eigenvalue weighted by molar-refractivity contribution is 7.99. The Morgan fingerprint density at radius 3 is 2.52 bits per heavy atom. The molecule has 1 aliphatic rings. The summed E-state index contributed by atoms with van der Waals surface area (Å²) in [6.45, 7) is 0.555. The van der Waals surface area contributed by atoms with Crippen LogP contribution in [0.4, 0.5) is 8.78 Å². The third-order valence-electron chi connectivity index (χ3n) is 3.41. The normalized spacial score (nSPS) is 18.0. The van der Waals surface area contributed by atoms with Crippen LogP contribution in [0.25, 0.3) is 0 Å². The van der Waals surface area contributed by atoms with E-state index < -0.39 is 0 Å². The maximum atomic E-state index is 13.9. The second-order valence-electron chi connectivity index (χ2n) is 4.75. The molecule has 5 heteroatoms. The molecule has 2 aromatic rings. The van der Waals surface area contributed by atoms with E-state index in [-0.39, 0.29) is 22.9 Å². The molecule has 0 unspecified atom stereocenters. The lowest BCUT2D eigenvalue weighted by Gasteiger charge is -2.24. The average Bonchev–Trinajstić information content (AvgIpc) is 2.97. The maximum absolute atomic E-state index is 13.9. The lowest BCUT2D eigenvalue weighted by atomic mass is 10.1. The molecular weight excluding hydrogens is 292 g/mol. The molecular formula is C16H13F2NOS. The van der Waals surface area contributed by atoms with Crippen LogP contribution in [0, 0.1) is 11.6 Å². The van der Waals surface area contributed by atoms with Crippen LogP contribution < -0.4 is 0 Å². The second-order valence-corrected chi connectivity index (χ2v) is 5.94. The van der Waals surface area contributed by atoms with Gasteiger partial charge in [0.2, 0.25) is 0 Å².